The zero-order chi connectivity index (χ0) is 14.5. The molecule has 0 fully saturated rings. The van der Waals surface area contributed by atoms with Gasteiger partial charge in [0.1, 0.15) is 0 Å². The zero-order valence-corrected chi connectivity index (χ0v) is 12.7. The van der Waals surface area contributed by atoms with E-state index in [9.17, 15) is 4.79 Å². The summed E-state index contributed by atoms with van der Waals surface area (Å²) in [5, 5.41) is 5.44. The molecular formula is C14H14BrN3O2. The van der Waals surface area contributed by atoms with Gasteiger partial charge >= 0.3 is 6.03 Å². The Morgan fingerprint density at radius 2 is 1.90 bits per heavy atom. The van der Waals surface area contributed by atoms with Gasteiger partial charge in [0.25, 0.3) is 0 Å². The number of benzene rings is 1. The van der Waals surface area contributed by atoms with E-state index in [-0.39, 0.29) is 6.03 Å². The fourth-order valence-electron chi connectivity index (χ4n) is 1.54. The van der Waals surface area contributed by atoms with Crippen LogP contribution < -0.4 is 15.4 Å². The first-order valence-corrected chi connectivity index (χ1v) is 6.72. The zero-order valence-electron chi connectivity index (χ0n) is 11.1. The first-order chi connectivity index (χ1) is 9.58. The summed E-state index contributed by atoms with van der Waals surface area (Å²) in [6, 6.07) is 8.68. The number of ether oxygens (including phenoxy) is 1. The van der Waals surface area contributed by atoms with Crippen LogP contribution in [0.15, 0.2) is 41.0 Å². The highest BCUT2D eigenvalue weighted by Crippen LogP contribution is 2.20. The number of methoxy groups -OCH3 is 1. The van der Waals surface area contributed by atoms with Crippen molar-refractivity contribution in [1.82, 2.24) is 4.98 Å². The third-order valence-corrected chi connectivity index (χ3v) is 3.49. The molecule has 0 spiro atoms. The molecule has 1 heterocycles. The van der Waals surface area contributed by atoms with Gasteiger partial charge < -0.3 is 15.4 Å². The Kier molecular flexibility index (Phi) is 4.57. The van der Waals surface area contributed by atoms with Gasteiger partial charge in [-0.05, 0) is 30.7 Å². The molecule has 6 heteroatoms. The number of halogens is 1. The molecule has 0 aliphatic heterocycles. The summed E-state index contributed by atoms with van der Waals surface area (Å²) in [6.07, 6.45) is 1.53. The quantitative estimate of drug-likeness (QED) is 0.896. The average Bonchev–Trinajstić information content (AvgIpc) is 2.44. The highest BCUT2D eigenvalue weighted by molar-refractivity contribution is 9.10. The number of pyridine rings is 1. The molecule has 0 aliphatic carbocycles. The molecule has 0 atom stereocenters. The number of urea groups is 1. The van der Waals surface area contributed by atoms with Crippen molar-refractivity contribution in [3.05, 3.63) is 46.6 Å². The Morgan fingerprint density at radius 1 is 1.20 bits per heavy atom. The lowest BCUT2D eigenvalue weighted by Crippen LogP contribution is -2.19. The SMILES string of the molecule is COc1ccc(NC(=O)Nc2ccc(C)c(Br)c2)cn1. The topological polar surface area (TPSA) is 63.2 Å². The van der Waals surface area contributed by atoms with E-state index in [0.717, 1.165) is 10.0 Å². The van der Waals surface area contributed by atoms with Crippen LogP contribution in [0.3, 0.4) is 0 Å². The predicted molar refractivity (Wildman–Crippen MR) is 82.3 cm³/mol. The number of aromatic nitrogens is 1. The summed E-state index contributed by atoms with van der Waals surface area (Å²) in [5.41, 5.74) is 2.41. The highest BCUT2D eigenvalue weighted by Gasteiger charge is 2.04. The summed E-state index contributed by atoms with van der Waals surface area (Å²) in [4.78, 5) is 15.8. The third-order valence-electron chi connectivity index (χ3n) is 2.63. The third kappa shape index (κ3) is 3.71. The summed E-state index contributed by atoms with van der Waals surface area (Å²) in [6.45, 7) is 1.98. The standard InChI is InChI=1S/C14H14BrN3O2/c1-9-3-4-10(7-12(9)15)17-14(19)18-11-5-6-13(20-2)16-8-11/h3-8H,1-2H3,(H2,17,18,19). The molecule has 0 unspecified atom stereocenters. The lowest BCUT2D eigenvalue weighted by atomic mass is 10.2. The number of hydrogen-bond acceptors (Lipinski definition) is 3. The largest absolute Gasteiger partial charge is 0.481 e. The van der Waals surface area contributed by atoms with Crippen LogP contribution in [-0.2, 0) is 0 Å². The van der Waals surface area contributed by atoms with Crippen molar-refractivity contribution in [1.29, 1.82) is 0 Å². The van der Waals surface area contributed by atoms with Gasteiger partial charge in [-0.1, -0.05) is 22.0 Å². The molecule has 1 aromatic heterocycles. The summed E-state index contributed by atoms with van der Waals surface area (Å²) >= 11 is 3.42. The van der Waals surface area contributed by atoms with Crippen LogP contribution in [0.4, 0.5) is 16.2 Å². The molecule has 0 aliphatic rings. The molecule has 0 bridgehead atoms. The van der Waals surface area contributed by atoms with E-state index in [1.54, 1.807) is 12.1 Å². The average molecular weight is 336 g/mol. The Morgan fingerprint density at radius 3 is 2.50 bits per heavy atom. The number of carbonyl (C=O) groups excluding carboxylic acids is 1. The van der Waals surface area contributed by atoms with Crippen LogP contribution in [0.5, 0.6) is 5.88 Å². The minimum absolute atomic E-state index is 0.326. The van der Waals surface area contributed by atoms with Crippen molar-refractivity contribution in [2.45, 2.75) is 6.92 Å². The number of hydrogen-bond donors (Lipinski definition) is 2. The van der Waals surface area contributed by atoms with Crippen LogP contribution in [-0.4, -0.2) is 18.1 Å². The van der Waals surface area contributed by atoms with Gasteiger partial charge in [-0.15, -0.1) is 0 Å². The van der Waals surface area contributed by atoms with E-state index in [1.807, 2.05) is 25.1 Å². The first kappa shape index (κ1) is 14.3. The molecule has 104 valence electrons. The van der Waals surface area contributed by atoms with Crippen molar-refractivity contribution in [2.24, 2.45) is 0 Å². The van der Waals surface area contributed by atoms with E-state index < -0.39 is 0 Å². The Balaban J connectivity index is 1.99. The molecule has 2 rings (SSSR count). The molecule has 1 aromatic carbocycles. The lowest BCUT2D eigenvalue weighted by molar-refractivity contribution is 0.262. The van der Waals surface area contributed by atoms with Crippen molar-refractivity contribution in [3.8, 4) is 5.88 Å². The summed E-state index contributed by atoms with van der Waals surface area (Å²) in [7, 11) is 1.54. The summed E-state index contributed by atoms with van der Waals surface area (Å²) < 4.78 is 5.90. The number of nitrogens with one attached hydrogen (secondary N) is 2. The van der Waals surface area contributed by atoms with Crippen LogP contribution in [0.1, 0.15) is 5.56 Å². The van der Waals surface area contributed by atoms with Crippen LogP contribution in [0, 0.1) is 6.92 Å². The summed E-state index contributed by atoms with van der Waals surface area (Å²) in [5.74, 6) is 0.499. The van der Waals surface area contributed by atoms with Gasteiger partial charge in [-0.3, -0.25) is 0 Å². The Bertz CT molecular complexity index is 614. The van der Waals surface area contributed by atoms with E-state index in [1.165, 1.54) is 13.3 Å². The van der Waals surface area contributed by atoms with Gasteiger partial charge in [0.2, 0.25) is 5.88 Å². The fraction of sp³-hybridized carbons (Fsp3) is 0.143. The van der Waals surface area contributed by atoms with Crippen molar-refractivity contribution in [3.63, 3.8) is 0 Å². The van der Waals surface area contributed by atoms with Gasteiger partial charge in [0, 0.05) is 16.2 Å². The molecule has 2 N–H and O–H groups in total. The fourth-order valence-corrected chi connectivity index (χ4v) is 1.92. The second-order valence-electron chi connectivity index (χ2n) is 4.13. The second-order valence-corrected chi connectivity index (χ2v) is 4.99. The van der Waals surface area contributed by atoms with Crippen LogP contribution in [0.25, 0.3) is 0 Å². The number of aryl methyl sites for hydroxylation is 1. The van der Waals surface area contributed by atoms with Gasteiger partial charge in [0.15, 0.2) is 0 Å². The van der Waals surface area contributed by atoms with E-state index >= 15 is 0 Å². The number of anilines is 2. The van der Waals surface area contributed by atoms with Crippen molar-refractivity contribution < 1.29 is 9.53 Å². The van der Waals surface area contributed by atoms with Gasteiger partial charge in [0.05, 0.1) is 19.0 Å². The molecule has 2 aromatic rings. The second kappa shape index (κ2) is 6.38. The molecular weight excluding hydrogens is 322 g/mol. The molecule has 0 saturated carbocycles. The molecule has 2 amide bonds. The highest BCUT2D eigenvalue weighted by atomic mass is 79.9. The normalized spacial score (nSPS) is 9.95. The minimum Gasteiger partial charge on any atom is -0.481 e. The smallest absolute Gasteiger partial charge is 0.323 e. The van der Waals surface area contributed by atoms with Crippen LogP contribution >= 0.6 is 15.9 Å². The maximum absolute atomic E-state index is 11.8. The first-order valence-electron chi connectivity index (χ1n) is 5.92. The van der Waals surface area contributed by atoms with E-state index in [0.29, 0.717) is 17.3 Å². The van der Waals surface area contributed by atoms with Crippen molar-refractivity contribution >= 4 is 33.3 Å². The maximum Gasteiger partial charge on any atom is 0.323 e. The molecule has 5 nitrogen and oxygen atoms in total. The molecule has 0 radical (unpaired) electrons. The Hall–Kier alpha value is -2.08. The minimum atomic E-state index is -0.326. The van der Waals surface area contributed by atoms with Gasteiger partial charge in [-0.25, -0.2) is 9.78 Å². The molecule has 0 saturated heterocycles. The van der Waals surface area contributed by atoms with E-state index in [2.05, 4.69) is 31.5 Å². The lowest BCUT2D eigenvalue weighted by Gasteiger charge is -2.09. The Labute approximate surface area is 125 Å². The number of carbonyl (C=O) groups is 1. The number of rotatable bonds is 3. The van der Waals surface area contributed by atoms with Gasteiger partial charge in [-0.2, -0.15) is 0 Å². The van der Waals surface area contributed by atoms with E-state index in [4.69, 9.17) is 4.74 Å². The maximum atomic E-state index is 11.8. The molecule has 20 heavy (non-hydrogen) atoms. The number of nitrogens with zero attached hydrogens (tertiary/aromatic N) is 1. The number of amides is 2. The van der Waals surface area contributed by atoms with Crippen LogP contribution in [0.2, 0.25) is 0 Å². The van der Waals surface area contributed by atoms with Crippen molar-refractivity contribution in [2.75, 3.05) is 17.7 Å². The monoisotopic (exact) mass is 335 g/mol. The predicted octanol–water partition coefficient (Wildman–Crippen LogP) is 3.81.